The van der Waals surface area contributed by atoms with Crippen molar-refractivity contribution in [1.82, 2.24) is 0 Å². The number of primary amides is 2. The molecule has 1 rings (SSSR count). The molecule has 0 bridgehead atoms. The first-order chi connectivity index (χ1) is 8.25. The number of rotatable bonds is 2. The maximum absolute atomic E-state index is 11.7. The predicted molar refractivity (Wildman–Crippen MR) is 63.3 cm³/mol. The van der Waals surface area contributed by atoms with Crippen LogP contribution in [0.5, 0.6) is 0 Å². The first-order valence-electron chi connectivity index (χ1n) is 4.09. The Labute approximate surface area is 116 Å². The number of allylic oxidation sites excluding steroid dienone is 2. The Balaban J connectivity index is 3.22. The summed E-state index contributed by atoms with van der Waals surface area (Å²) in [6, 6.07) is 0. The van der Waals surface area contributed by atoms with E-state index in [-0.39, 0.29) is 0 Å². The summed E-state index contributed by atoms with van der Waals surface area (Å²) in [6.45, 7) is 0. The van der Waals surface area contributed by atoms with Crippen molar-refractivity contribution in [1.29, 1.82) is 0 Å². The smallest absolute Gasteiger partial charge is 0.405 e. The lowest BCUT2D eigenvalue weighted by atomic mass is 10.1. The standard InChI is InChI=1S/C8H4Br2N2O6/c9-1-3(13)6(18-8(12)16)2(10)4(14)5(1)17-7(11)15/h(H2,11,15)(H2,12,16). The molecule has 2 amide bonds. The number of carbonyl (C=O) groups excluding carboxylic acids is 4. The number of ether oxygens (including phenoxy) is 2. The average Bonchev–Trinajstić information content (AvgIpc) is 2.27. The van der Waals surface area contributed by atoms with Gasteiger partial charge in [0.1, 0.15) is 8.96 Å². The fourth-order valence-electron chi connectivity index (χ4n) is 0.988. The van der Waals surface area contributed by atoms with Crippen LogP contribution in [0.15, 0.2) is 20.5 Å². The molecule has 8 nitrogen and oxygen atoms in total. The van der Waals surface area contributed by atoms with Crippen molar-refractivity contribution in [2.24, 2.45) is 11.5 Å². The number of amides is 2. The van der Waals surface area contributed by atoms with Crippen molar-refractivity contribution in [3.05, 3.63) is 20.5 Å². The lowest BCUT2D eigenvalue weighted by molar-refractivity contribution is -0.118. The Kier molecular flexibility index (Phi) is 4.24. The first kappa shape index (κ1) is 14.4. The van der Waals surface area contributed by atoms with Crippen LogP contribution in [0.25, 0.3) is 0 Å². The van der Waals surface area contributed by atoms with E-state index >= 15 is 0 Å². The zero-order valence-electron chi connectivity index (χ0n) is 8.36. The number of halogens is 2. The molecule has 1 aliphatic carbocycles. The number of hydrogen-bond acceptors (Lipinski definition) is 6. The number of carbonyl (C=O) groups is 4. The highest BCUT2D eigenvalue weighted by Crippen LogP contribution is 2.32. The summed E-state index contributed by atoms with van der Waals surface area (Å²) < 4.78 is 7.93. The van der Waals surface area contributed by atoms with Crippen LogP contribution >= 0.6 is 31.9 Å². The van der Waals surface area contributed by atoms with Gasteiger partial charge in [-0.15, -0.1) is 0 Å². The molecule has 1 aliphatic rings. The van der Waals surface area contributed by atoms with Gasteiger partial charge in [0, 0.05) is 0 Å². The molecule has 10 heteroatoms. The molecule has 18 heavy (non-hydrogen) atoms. The summed E-state index contributed by atoms with van der Waals surface area (Å²) in [4.78, 5) is 44.5. The van der Waals surface area contributed by atoms with Gasteiger partial charge < -0.3 is 20.9 Å². The Morgan fingerprint density at radius 1 is 0.833 bits per heavy atom. The van der Waals surface area contributed by atoms with Gasteiger partial charge in [-0.3, -0.25) is 9.59 Å². The maximum Gasteiger partial charge on any atom is 0.410 e. The number of nitrogens with two attached hydrogens (primary N) is 2. The summed E-state index contributed by atoms with van der Waals surface area (Å²) in [7, 11) is 0. The van der Waals surface area contributed by atoms with E-state index in [9.17, 15) is 19.2 Å². The summed E-state index contributed by atoms with van der Waals surface area (Å²) >= 11 is 5.47. The van der Waals surface area contributed by atoms with E-state index in [1.165, 1.54) is 0 Å². The molecule has 0 spiro atoms. The van der Waals surface area contributed by atoms with Crippen molar-refractivity contribution in [3.63, 3.8) is 0 Å². The van der Waals surface area contributed by atoms with Crippen molar-refractivity contribution in [3.8, 4) is 0 Å². The molecule has 0 saturated heterocycles. The molecule has 0 unspecified atom stereocenters. The van der Waals surface area contributed by atoms with Gasteiger partial charge in [-0.1, -0.05) is 0 Å². The fourth-order valence-corrected chi connectivity index (χ4v) is 1.87. The van der Waals surface area contributed by atoms with E-state index in [2.05, 4.69) is 41.3 Å². The van der Waals surface area contributed by atoms with E-state index in [4.69, 9.17) is 11.5 Å². The van der Waals surface area contributed by atoms with Crippen molar-refractivity contribution in [2.45, 2.75) is 0 Å². The lowest BCUT2D eigenvalue weighted by Crippen LogP contribution is -2.28. The molecule has 0 aromatic rings. The van der Waals surface area contributed by atoms with Gasteiger partial charge >= 0.3 is 12.2 Å². The highest BCUT2D eigenvalue weighted by Gasteiger charge is 2.37. The number of hydrogen-bond donors (Lipinski definition) is 2. The van der Waals surface area contributed by atoms with Crippen LogP contribution in [0, 0.1) is 0 Å². The highest BCUT2D eigenvalue weighted by atomic mass is 79.9. The third-order valence-electron chi connectivity index (χ3n) is 1.62. The molecule has 0 radical (unpaired) electrons. The summed E-state index contributed by atoms with van der Waals surface area (Å²) in [5, 5.41) is 0. The number of ketones is 2. The van der Waals surface area contributed by atoms with Crippen molar-refractivity contribution >= 4 is 55.6 Å². The van der Waals surface area contributed by atoms with Crippen LogP contribution in [0.1, 0.15) is 0 Å². The zero-order chi connectivity index (χ0) is 14.0. The Hall–Kier alpha value is -1.68. The minimum Gasteiger partial charge on any atom is -0.405 e. The summed E-state index contributed by atoms with van der Waals surface area (Å²) in [6.07, 6.45) is -2.55. The van der Waals surface area contributed by atoms with E-state index < -0.39 is 44.2 Å². The summed E-state index contributed by atoms with van der Waals surface area (Å²) in [5.74, 6) is -3.04. The average molecular weight is 384 g/mol. The van der Waals surface area contributed by atoms with E-state index in [0.29, 0.717) is 0 Å². The topological polar surface area (TPSA) is 139 Å². The normalized spacial score (nSPS) is 15.9. The zero-order valence-corrected chi connectivity index (χ0v) is 11.5. The van der Waals surface area contributed by atoms with E-state index in [1.54, 1.807) is 0 Å². The van der Waals surface area contributed by atoms with Crippen LogP contribution in [0.4, 0.5) is 9.59 Å². The monoisotopic (exact) mass is 382 g/mol. The van der Waals surface area contributed by atoms with Gasteiger partial charge in [-0.05, 0) is 31.9 Å². The Morgan fingerprint density at radius 2 is 1.11 bits per heavy atom. The van der Waals surface area contributed by atoms with Gasteiger partial charge in [0.25, 0.3) is 0 Å². The van der Waals surface area contributed by atoms with Gasteiger partial charge in [0.2, 0.25) is 11.6 Å². The molecule has 0 heterocycles. The van der Waals surface area contributed by atoms with Gasteiger partial charge in [-0.2, -0.15) is 0 Å². The quantitative estimate of drug-likeness (QED) is 0.667. The highest BCUT2D eigenvalue weighted by molar-refractivity contribution is 9.12. The van der Waals surface area contributed by atoms with E-state index in [0.717, 1.165) is 0 Å². The van der Waals surface area contributed by atoms with E-state index in [1.807, 2.05) is 0 Å². The molecular formula is C8H4Br2N2O6. The van der Waals surface area contributed by atoms with Crippen molar-refractivity contribution < 1.29 is 28.7 Å². The van der Waals surface area contributed by atoms with Crippen LogP contribution in [-0.2, 0) is 19.1 Å². The molecular weight excluding hydrogens is 380 g/mol. The minimum absolute atomic E-state index is 0.411. The maximum atomic E-state index is 11.7. The molecule has 0 fully saturated rings. The van der Waals surface area contributed by atoms with Gasteiger partial charge in [-0.25, -0.2) is 9.59 Å². The SMILES string of the molecule is NC(=O)OC1=C(Br)C(=O)C(OC(N)=O)=C(Br)C1=O. The molecule has 96 valence electrons. The molecule has 0 atom stereocenters. The third-order valence-corrected chi connectivity index (χ3v) is 3.06. The lowest BCUT2D eigenvalue weighted by Gasteiger charge is -2.16. The minimum atomic E-state index is -1.28. The molecule has 0 aromatic carbocycles. The van der Waals surface area contributed by atoms with Crippen LogP contribution in [-0.4, -0.2) is 23.8 Å². The Morgan fingerprint density at radius 3 is 1.33 bits per heavy atom. The molecule has 4 N–H and O–H groups in total. The summed E-state index contributed by atoms with van der Waals surface area (Å²) in [5.41, 5.74) is 9.48. The molecule has 0 saturated carbocycles. The first-order valence-corrected chi connectivity index (χ1v) is 5.67. The van der Waals surface area contributed by atoms with Gasteiger partial charge in [0.15, 0.2) is 11.5 Å². The fraction of sp³-hybridized carbons (Fsp3) is 0. The second-order valence-electron chi connectivity index (χ2n) is 2.79. The van der Waals surface area contributed by atoms with Crippen LogP contribution in [0.2, 0.25) is 0 Å². The molecule has 0 aromatic heterocycles. The number of Topliss-reactive ketones (excluding diaryl/α,β-unsaturated/α-hetero) is 2. The third kappa shape index (κ3) is 2.76. The molecule has 0 aliphatic heterocycles. The van der Waals surface area contributed by atoms with Gasteiger partial charge in [0.05, 0.1) is 0 Å². The van der Waals surface area contributed by atoms with Crippen LogP contribution < -0.4 is 11.5 Å². The van der Waals surface area contributed by atoms with Crippen LogP contribution in [0.3, 0.4) is 0 Å². The second kappa shape index (κ2) is 5.31. The largest absolute Gasteiger partial charge is 0.410 e. The Bertz CT molecular complexity index is 488. The second-order valence-corrected chi connectivity index (χ2v) is 4.37. The predicted octanol–water partition coefficient (Wildman–Crippen LogP) is 0.542. The van der Waals surface area contributed by atoms with Crippen molar-refractivity contribution in [2.75, 3.05) is 0 Å².